The number of hydrogen-bond acceptors (Lipinski definition) is 7. The number of hydrogen-bond donors (Lipinski definition) is 1. The fraction of sp³-hybridized carbons (Fsp3) is 0.481. The Kier molecular flexibility index (Phi) is 7.55. The van der Waals surface area contributed by atoms with Gasteiger partial charge in [0.2, 0.25) is 6.10 Å². The molecular formula is C27H30F2N4O5. The van der Waals surface area contributed by atoms with E-state index in [1.54, 1.807) is 0 Å². The van der Waals surface area contributed by atoms with Crippen LogP contribution in [0.25, 0.3) is 0 Å². The van der Waals surface area contributed by atoms with Crippen LogP contribution in [0.2, 0.25) is 0 Å². The van der Waals surface area contributed by atoms with Crippen molar-refractivity contribution in [3.8, 4) is 0 Å². The molecule has 202 valence electrons. The molecule has 3 atom stereocenters. The highest BCUT2D eigenvalue weighted by molar-refractivity contribution is 5.96. The topological polar surface area (TPSA) is 101 Å². The predicted molar refractivity (Wildman–Crippen MR) is 131 cm³/mol. The van der Waals surface area contributed by atoms with E-state index in [-0.39, 0.29) is 11.6 Å². The molecule has 1 saturated carbocycles. The van der Waals surface area contributed by atoms with Crippen molar-refractivity contribution in [3.63, 3.8) is 0 Å². The second-order valence-corrected chi connectivity index (χ2v) is 10.0. The predicted octanol–water partition coefficient (Wildman–Crippen LogP) is 3.91. The highest BCUT2D eigenvalue weighted by atomic mass is 19.2. The number of urea groups is 1. The minimum Gasteiger partial charge on any atom is -0.466 e. The van der Waals surface area contributed by atoms with E-state index in [0.717, 1.165) is 62.1 Å². The van der Waals surface area contributed by atoms with Crippen molar-refractivity contribution in [2.45, 2.75) is 62.3 Å². The van der Waals surface area contributed by atoms with Gasteiger partial charge in [0.25, 0.3) is 0 Å². The molecule has 0 bridgehead atoms. The maximum absolute atomic E-state index is 14.0. The lowest BCUT2D eigenvalue weighted by atomic mass is 9.83. The molecule has 11 heteroatoms. The number of carbonyl (C=O) groups is 3. The molecule has 5 rings (SSSR count). The number of methoxy groups -OCH3 is 1. The fourth-order valence-corrected chi connectivity index (χ4v) is 5.84. The summed E-state index contributed by atoms with van der Waals surface area (Å²) in [5.74, 6) is -2.71. The molecule has 9 nitrogen and oxygen atoms in total. The summed E-state index contributed by atoms with van der Waals surface area (Å²) in [4.78, 5) is 45.8. The second kappa shape index (κ2) is 11.0. The van der Waals surface area contributed by atoms with Crippen LogP contribution in [-0.4, -0.2) is 71.3 Å². The summed E-state index contributed by atoms with van der Waals surface area (Å²) in [6.45, 7) is 1.44. The van der Waals surface area contributed by atoms with Gasteiger partial charge in [-0.2, -0.15) is 0 Å². The summed E-state index contributed by atoms with van der Waals surface area (Å²) >= 11 is 0. The van der Waals surface area contributed by atoms with Gasteiger partial charge in [0, 0.05) is 43.0 Å². The van der Waals surface area contributed by atoms with Crippen LogP contribution in [0.3, 0.4) is 0 Å². The number of pyridine rings is 1. The molecule has 2 saturated heterocycles. The monoisotopic (exact) mass is 528 g/mol. The van der Waals surface area contributed by atoms with E-state index >= 15 is 0 Å². The zero-order valence-electron chi connectivity index (χ0n) is 21.0. The van der Waals surface area contributed by atoms with Crippen molar-refractivity contribution >= 4 is 18.1 Å². The van der Waals surface area contributed by atoms with E-state index in [4.69, 9.17) is 9.47 Å². The van der Waals surface area contributed by atoms with E-state index in [1.807, 2.05) is 18.3 Å². The first kappa shape index (κ1) is 26.0. The van der Waals surface area contributed by atoms with Gasteiger partial charge in [-0.3, -0.25) is 9.88 Å². The third-order valence-corrected chi connectivity index (χ3v) is 7.79. The Hall–Kier alpha value is -3.60. The number of likely N-dealkylation sites (tertiary alicyclic amines) is 1. The molecule has 2 aromatic rings. The number of cyclic esters (lactones) is 1. The number of imide groups is 1. The van der Waals surface area contributed by atoms with Gasteiger partial charge in [-0.05, 0) is 61.9 Å². The number of amides is 3. The first-order valence-electron chi connectivity index (χ1n) is 12.8. The molecule has 38 heavy (non-hydrogen) atoms. The molecule has 0 radical (unpaired) electrons. The number of rotatable bonds is 5. The van der Waals surface area contributed by atoms with Crippen LogP contribution >= 0.6 is 0 Å². The number of halogens is 2. The summed E-state index contributed by atoms with van der Waals surface area (Å²) in [5, 5.41) is 2.87. The standard InChI is InChI=1S/C27H30F2N4O5/c1-37-25(34)24-23(17-7-10-20(28)21(29)14-17)33(27(36)38-24)26(35)31-18-11-13-32(15-18)19-8-5-16(6-9-19)22-4-2-3-12-30-22/h2-4,7,10,12,14,16,18-19,23-24H,5-6,8-9,11,13,15H2,1H3,(H,31,35)/t16-,18-,19-,23+,24-/m1/s1. The maximum Gasteiger partial charge on any atom is 0.419 e. The van der Waals surface area contributed by atoms with Gasteiger partial charge in [-0.25, -0.2) is 28.1 Å². The van der Waals surface area contributed by atoms with Crippen LogP contribution in [0.5, 0.6) is 0 Å². The van der Waals surface area contributed by atoms with Crippen LogP contribution in [0.4, 0.5) is 18.4 Å². The lowest BCUT2D eigenvalue weighted by molar-refractivity contribution is -0.150. The van der Waals surface area contributed by atoms with E-state index < -0.39 is 41.9 Å². The molecule has 3 aliphatic rings. The third-order valence-electron chi connectivity index (χ3n) is 7.79. The van der Waals surface area contributed by atoms with Gasteiger partial charge in [0.15, 0.2) is 11.6 Å². The number of nitrogens with zero attached hydrogens (tertiary/aromatic N) is 3. The molecule has 3 heterocycles. The highest BCUT2D eigenvalue weighted by Crippen LogP contribution is 2.36. The highest BCUT2D eigenvalue weighted by Gasteiger charge is 2.51. The van der Waals surface area contributed by atoms with Crippen LogP contribution in [-0.2, 0) is 14.3 Å². The van der Waals surface area contributed by atoms with Crippen LogP contribution in [0.1, 0.15) is 55.3 Å². The van der Waals surface area contributed by atoms with Crippen molar-refractivity contribution in [2.24, 2.45) is 0 Å². The molecule has 2 aliphatic heterocycles. The number of esters is 1. The van der Waals surface area contributed by atoms with Crippen molar-refractivity contribution in [2.75, 3.05) is 20.2 Å². The number of benzene rings is 1. The Bertz CT molecular complexity index is 1190. The van der Waals surface area contributed by atoms with Gasteiger partial charge in [0.05, 0.1) is 7.11 Å². The Morgan fingerprint density at radius 1 is 1.08 bits per heavy atom. The van der Waals surface area contributed by atoms with E-state index in [2.05, 4.69) is 21.3 Å². The Balaban J connectivity index is 1.23. The summed E-state index contributed by atoms with van der Waals surface area (Å²) in [5.41, 5.74) is 1.17. The van der Waals surface area contributed by atoms with Crippen LogP contribution in [0, 0.1) is 11.6 Å². The van der Waals surface area contributed by atoms with Crippen molar-refractivity contribution < 1.29 is 32.6 Å². The first-order valence-corrected chi connectivity index (χ1v) is 12.8. The summed E-state index contributed by atoms with van der Waals surface area (Å²) < 4.78 is 37.4. The SMILES string of the molecule is COC(=O)[C@@H]1OC(=O)N(C(=O)N[C@@H]2CCN([C@H]3CC[C@H](c4ccccn4)CC3)C2)[C@H]1c1ccc(F)c(F)c1. The molecular weight excluding hydrogens is 498 g/mol. The largest absolute Gasteiger partial charge is 0.466 e. The van der Waals surface area contributed by atoms with Gasteiger partial charge in [-0.15, -0.1) is 0 Å². The average Bonchev–Trinajstić information content (AvgIpc) is 3.54. The van der Waals surface area contributed by atoms with Crippen molar-refractivity contribution in [1.29, 1.82) is 0 Å². The number of carbonyl (C=O) groups excluding carboxylic acids is 3. The molecule has 3 amide bonds. The number of ether oxygens (including phenoxy) is 2. The minimum atomic E-state index is -1.50. The number of nitrogens with one attached hydrogen (secondary N) is 1. The molecule has 1 N–H and O–H groups in total. The Morgan fingerprint density at radius 2 is 1.87 bits per heavy atom. The lowest BCUT2D eigenvalue weighted by Crippen LogP contribution is -2.48. The zero-order chi connectivity index (χ0) is 26.8. The van der Waals surface area contributed by atoms with Crippen molar-refractivity contribution in [1.82, 2.24) is 20.1 Å². The Labute approximate surface area is 219 Å². The first-order chi connectivity index (χ1) is 18.4. The van der Waals surface area contributed by atoms with Gasteiger partial charge >= 0.3 is 18.1 Å². The van der Waals surface area contributed by atoms with E-state index in [9.17, 15) is 23.2 Å². The Morgan fingerprint density at radius 3 is 2.55 bits per heavy atom. The number of aromatic nitrogens is 1. The molecule has 1 aliphatic carbocycles. The van der Waals surface area contributed by atoms with Crippen LogP contribution < -0.4 is 5.32 Å². The van der Waals surface area contributed by atoms with Gasteiger partial charge in [0.1, 0.15) is 6.04 Å². The maximum atomic E-state index is 14.0. The smallest absolute Gasteiger partial charge is 0.419 e. The quantitative estimate of drug-likeness (QED) is 0.588. The molecule has 0 spiro atoms. The van der Waals surface area contributed by atoms with Crippen molar-refractivity contribution in [3.05, 3.63) is 65.5 Å². The lowest BCUT2D eigenvalue weighted by Gasteiger charge is -2.34. The minimum absolute atomic E-state index is 0.0398. The van der Waals surface area contributed by atoms with Crippen LogP contribution in [0.15, 0.2) is 42.6 Å². The van der Waals surface area contributed by atoms with Gasteiger partial charge < -0.3 is 14.8 Å². The molecule has 1 aromatic carbocycles. The summed E-state index contributed by atoms with van der Waals surface area (Å²) in [6, 6.07) is 7.07. The van der Waals surface area contributed by atoms with Gasteiger partial charge in [-0.1, -0.05) is 12.1 Å². The molecule has 3 fully saturated rings. The fourth-order valence-electron chi connectivity index (χ4n) is 5.84. The zero-order valence-corrected chi connectivity index (χ0v) is 21.0. The van der Waals surface area contributed by atoms with E-state index in [1.165, 1.54) is 6.07 Å². The summed E-state index contributed by atoms with van der Waals surface area (Å²) in [6.07, 6.45) is 4.16. The molecule has 0 unspecified atom stereocenters. The summed E-state index contributed by atoms with van der Waals surface area (Å²) in [7, 11) is 1.11. The average molecular weight is 529 g/mol. The van der Waals surface area contributed by atoms with E-state index in [0.29, 0.717) is 24.9 Å². The normalized spacial score (nSPS) is 27.7. The molecule has 1 aromatic heterocycles. The third kappa shape index (κ3) is 5.20. The second-order valence-electron chi connectivity index (χ2n) is 10.0.